The third-order valence-electron chi connectivity index (χ3n) is 0.482. The molecule has 7 heavy (non-hydrogen) atoms. The fraction of sp³-hybridized carbons (Fsp3) is 0.200. The highest BCUT2D eigenvalue weighted by atomic mass is 32.1. The number of rotatable bonds is 1. The standard InChI is InChI=1S/C5H6OS/c7-4-5-2-1-3-6-5/h1-3,7H,4H2/i1D,2D,3D,4D2. The predicted molar refractivity (Wildman–Crippen MR) is 31.4 cm³/mol. The summed E-state index contributed by atoms with van der Waals surface area (Å²) in [4.78, 5) is 0. The lowest BCUT2D eigenvalue weighted by Crippen LogP contribution is -1.62. The third-order valence-corrected chi connectivity index (χ3v) is 0.685. The van der Waals surface area contributed by atoms with Gasteiger partial charge in [-0.3, -0.25) is 0 Å². The molecule has 0 aliphatic carbocycles. The van der Waals surface area contributed by atoms with Crippen LogP contribution < -0.4 is 0 Å². The van der Waals surface area contributed by atoms with Gasteiger partial charge in [0.15, 0.2) is 0 Å². The van der Waals surface area contributed by atoms with E-state index < -0.39 is 24.0 Å². The van der Waals surface area contributed by atoms with E-state index >= 15 is 0 Å². The van der Waals surface area contributed by atoms with E-state index in [4.69, 9.17) is 6.85 Å². The molecule has 0 fully saturated rings. The van der Waals surface area contributed by atoms with E-state index in [9.17, 15) is 0 Å². The van der Waals surface area contributed by atoms with Gasteiger partial charge >= 0.3 is 0 Å². The van der Waals surface area contributed by atoms with Crippen LogP contribution in [0.3, 0.4) is 0 Å². The Labute approximate surface area is 54.8 Å². The van der Waals surface area contributed by atoms with Crippen LogP contribution >= 0.6 is 12.6 Å². The highest BCUT2D eigenvalue weighted by molar-refractivity contribution is 7.79. The van der Waals surface area contributed by atoms with Crippen molar-refractivity contribution in [2.75, 3.05) is 0 Å². The highest BCUT2D eigenvalue weighted by Gasteiger charge is 1.85. The zero-order chi connectivity index (χ0) is 9.52. The van der Waals surface area contributed by atoms with E-state index in [1.54, 1.807) is 0 Å². The predicted octanol–water partition coefficient (Wildman–Crippen LogP) is 1.71. The molecule has 0 spiro atoms. The van der Waals surface area contributed by atoms with Crippen LogP contribution in [0.5, 0.6) is 0 Å². The van der Waals surface area contributed by atoms with E-state index in [-0.39, 0.29) is 5.76 Å². The van der Waals surface area contributed by atoms with Gasteiger partial charge in [0.1, 0.15) is 7.13 Å². The maximum absolute atomic E-state index is 7.18. The Morgan fingerprint density at radius 1 is 2.14 bits per heavy atom. The average Bonchev–Trinajstić information content (AvgIpc) is 2.15. The van der Waals surface area contributed by atoms with Crippen molar-refractivity contribution in [2.24, 2.45) is 0 Å². The molecule has 1 heterocycles. The Hall–Kier alpha value is -0.370. The normalized spacial score (nSPS) is 21.6. The molecule has 0 aliphatic heterocycles. The first kappa shape index (κ1) is 1.55. The first-order valence-electron chi connectivity index (χ1n) is 4.13. The van der Waals surface area contributed by atoms with Gasteiger partial charge in [-0.25, -0.2) is 0 Å². The van der Waals surface area contributed by atoms with Crippen molar-refractivity contribution in [3.05, 3.63) is 24.1 Å². The smallest absolute Gasteiger partial charge is 0.113 e. The van der Waals surface area contributed by atoms with E-state index in [1.807, 2.05) is 0 Å². The minimum Gasteiger partial charge on any atom is -0.468 e. The topological polar surface area (TPSA) is 13.1 Å². The molecule has 0 saturated carbocycles. The van der Waals surface area contributed by atoms with Crippen LogP contribution in [0, 0.1) is 0 Å². The molecule has 38 valence electrons. The molecule has 0 saturated heterocycles. The van der Waals surface area contributed by atoms with Gasteiger partial charge in [-0.2, -0.15) is 12.6 Å². The summed E-state index contributed by atoms with van der Waals surface area (Å²) in [6, 6.07) is -0.831. The summed E-state index contributed by atoms with van der Waals surface area (Å²) in [5, 5.41) is 0. The molecule has 1 rings (SSSR count). The zero-order valence-electron chi connectivity index (χ0n) is 8.36. The van der Waals surface area contributed by atoms with Crippen molar-refractivity contribution in [1.82, 2.24) is 0 Å². The van der Waals surface area contributed by atoms with Crippen molar-refractivity contribution in [1.29, 1.82) is 0 Å². The lowest BCUT2D eigenvalue weighted by Gasteiger charge is -1.79. The Morgan fingerprint density at radius 2 is 3.00 bits per heavy atom. The van der Waals surface area contributed by atoms with Crippen LogP contribution in [0.4, 0.5) is 0 Å². The summed E-state index contributed by atoms with van der Waals surface area (Å²) >= 11 is 3.53. The van der Waals surface area contributed by atoms with Crippen molar-refractivity contribution < 1.29 is 11.3 Å². The van der Waals surface area contributed by atoms with E-state index in [2.05, 4.69) is 17.0 Å². The maximum Gasteiger partial charge on any atom is 0.113 e. The van der Waals surface area contributed by atoms with Gasteiger partial charge < -0.3 is 4.42 Å². The van der Waals surface area contributed by atoms with Gasteiger partial charge in [0, 0.05) is 8.45 Å². The van der Waals surface area contributed by atoms with Crippen LogP contribution in [0.2, 0.25) is 0 Å². The minimum atomic E-state index is -2.10. The number of thiol groups is 1. The first-order valence-corrected chi connectivity index (χ1v) is 2.08. The van der Waals surface area contributed by atoms with Crippen LogP contribution in [0.15, 0.2) is 22.7 Å². The summed E-state index contributed by atoms with van der Waals surface area (Å²) in [6.07, 6.45) is -0.507. The van der Waals surface area contributed by atoms with E-state index in [1.165, 1.54) is 0 Å². The van der Waals surface area contributed by atoms with Gasteiger partial charge in [0.2, 0.25) is 0 Å². The molecule has 2 heteroatoms. The second-order valence-electron chi connectivity index (χ2n) is 0.895. The molecular weight excluding hydrogens is 108 g/mol. The van der Waals surface area contributed by atoms with Crippen LogP contribution in [0.1, 0.15) is 12.6 Å². The van der Waals surface area contributed by atoms with Crippen molar-refractivity contribution in [3.8, 4) is 0 Å². The lowest BCUT2D eigenvalue weighted by atomic mass is 10.5. The van der Waals surface area contributed by atoms with Crippen LogP contribution in [-0.2, 0) is 5.70 Å². The van der Waals surface area contributed by atoms with Crippen LogP contribution in [0.25, 0.3) is 0 Å². The Kier molecular flexibility index (Phi) is 0.460. The van der Waals surface area contributed by atoms with Gasteiger partial charge in [-0.1, -0.05) is 0 Å². The Bertz CT molecular complexity index is 302. The molecule has 0 N–H and O–H groups in total. The summed E-state index contributed by atoms with van der Waals surface area (Å²) in [5.41, 5.74) is -2.10. The number of hydrogen-bond donors (Lipinski definition) is 1. The summed E-state index contributed by atoms with van der Waals surface area (Å²) < 4.78 is 39.9. The molecule has 0 atom stereocenters. The van der Waals surface area contributed by atoms with Crippen molar-refractivity contribution in [3.63, 3.8) is 0 Å². The molecule has 0 aliphatic rings. The van der Waals surface area contributed by atoms with Crippen molar-refractivity contribution in [2.45, 2.75) is 5.70 Å². The fourth-order valence-electron chi connectivity index (χ4n) is 0.235. The van der Waals surface area contributed by atoms with Gasteiger partial charge in [-0.05, 0) is 12.1 Å². The molecule has 1 aromatic rings. The SMILES string of the molecule is [2H]c1oc(C([2H])([2H])S)c([2H])c1[2H]. The summed E-state index contributed by atoms with van der Waals surface area (Å²) in [7, 11) is 0. The zero-order valence-corrected chi connectivity index (χ0v) is 4.25. The largest absolute Gasteiger partial charge is 0.468 e. The molecule has 0 bridgehead atoms. The minimum absolute atomic E-state index is 0.388. The molecule has 1 nitrogen and oxygen atoms in total. The van der Waals surface area contributed by atoms with Crippen molar-refractivity contribution >= 4 is 12.6 Å². The fourth-order valence-corrected chi connectivity index (χ4v) is 0.337. The summed E-state index contributed by atoms with van der Waals surface area (Å²) in [6.45, 7) is 0. The molecule has 0 amide bonds. The number of furan rings is 1. The Balaban J connectivity index is 3.28. The molecule has 0 unspecified atom stereocenters. The highest BCUT2D eigenvalue weighted by Crippen LogP contribution is 2.01. The molecule has 0 aromatic carbocycles. The first-order chi connectivity index (χ1) is 5.34. The van der Waals surface area contributed by atoms with E-state index in [0.717, 1.165) is 0 Å². The Morgan fingerprint density at radius 3 is 3.29 bits per heavy atom. The summed E-state index contributed by atoms with van der Waals surface area (Å²) in [5.74, 6) is -0.388. The van der Waals surface area contributed by atoms with Gasteiger partial charge in [0.25, 0.3) is 0 Å². The second-order valence-corrected chi connectivity index (χ2v) is 1.12. The maximum atomic E-state index is 7.18. The monoisotopic (exact) mass is 119 g/mol. The number of hydrogen-bond acceptors (Lipinski definition) is 2. The van der Waals surface area contributed by atoms with Crippen LogP contribution in [-0.4, -0.2) is 0 Å². The van der Waals surface area contributed by atoms with Gasteiger partial charge in [-0.15, -0.1) is 0 Å². The van der Waals surface area contributed by atoms with E-state index in [0.29, 0.717) is 0 Å². The molecular formula is C5H6OS. The van der Waals surface area contributed by atoms with Gasteiger partial charge in [0.05, 0.1) is 8.98 Å². The lowest BCUT2D eigenvalue weighted by molar-refractivity contribution is 0.531. The average molecular weight is 119 g/mol. The second kappa shape index (κ2) is 2.07. The quantitative estimate of drug-likeness (QED) is 0.555. The third kappa shape index (κ3) is 0.996. The molecule has 0 radical (unpaired) electrons. The molecule has 1 aromatic heterocycles.